The number of anilines is 1. The molecule has 4 heteroatoms. The molecule has 1 N–H and O–H groups in total. The number of carbonyl (C=O) groups is 1. The van der Waals surface area contributed by atoms with E-state index in [2.05, 4.69) is 5.32 Å². The van der Waals surface area contributed by atoms with E-state index in [1.54, 1.807) is 19.1 Å². The molecule has 1 rings (SSSR count). The highest BCUT2D eigenvalue weighted by Crippen LogP contribution is 2.18. The van der Waals surface area contributed by atoms with Gasteiger partial charge in [0.1, 0.15) is 5.82 Å². The van der Waals surface area contributed by atoms with E-state index in [-0.39, 0.29) is 11.7 Å². The molecule has 1 amide bonds. The van der Waals surface area contributed by atoms with Crippen LogP contribution in [0.15, 0.2) is 30.4 Å². The Morgan fingerprint density at radius 1 is 1.57 bits per heavy atom. The number of allylic oxidation sites excluding steroid dienone is 1. The van der Waals surface area contributed by atoms with Crippen LogP contribution in [0.25, 0.3) is 0 Å². The number of nitrogens with one attached hydrogen (secondary N) is 1. The van der Waals surface area contributed by atoms with Crippen LogP contribution in [-0.2, 0) is 4.79 Å². The molecule has 0 aliphatic rings. The molecule has 0 unspecified atom stereocenters. The van der Waals surface area contributed by atoms with Crippen molar-refractivity contribution in [2.75, 3.05) is 5.32 Å². The van der Waals surface area contributed by atoms with E-state index in [1.807, 2.05) is 22.6 Å². The van der Waals surface area contributed by atoms with Gasteiger partial charge in [-0.15, -0.1) is 0 Å². The first-order chi connectivity index (χ1) is 6.63. The first kappa shape index (κ1) is 11.2. The van der Waals surface area contributed by atoms with E-state index < -0.39 is 0 Å². The highest BCUT2D eigenvalue weighted by Gasteiger charge is 2.02. The van der Waals surface area contributed by atoms with E-state index >= 15 is 0 Å². The summed E-state index contributed by atoms with van der Waals surface area (Å²) in [7, 11) is 0. The SMILES string of the molecule is C/C=C/C(=O)Nc1ccc(F)cc1I. The quantitative estimate of drug-likeness (QED) is 0.660. The van der Waals surface area contributed by atoms with Crippen LogP contribution in [0.1, 0.15) is 6.92 Å². The summed E-state index contributed by atoms with van der Waals surface area (Å²) in [6.07, 6.45) is 3.06. The highest BCUT2D eigenvalue weighted by molar-refractivity contribution is 14.1. The van der Waals surface area contributed by atoms with Crippen molar-refractivity contribution in [2.45, 2.75) is 6.92 Å². The van der Waals surface area contributed by atoms with Gasteiger partial charge in [0, 0.05) is 3.57 Å². The molecular weight excluding hydrogens is 296 g/mol. The molecule has 0 fully saturated rings. The van der Waals surface area contributed by atoms with Crippen LogP contribution >= 0.6 is 22.6 Å². The minimum absolute atomic E-state index is 0.211. The summed E-state index contributed by atoms with van der Waals surface area (Å²) in [6, 6.07) is 4.22. The van der Waals surface area contributed by atoms with Crippen molar-refractivity contribution in [1.29, 1.82) is 0 Å². The third kappa shape index (κ3) is 3.10. The molecule has 0 aliphatic heterocycles. The van der Waals surface area contributed by atoms with E-state index in [9.17, 15) is 9.18 Å². The van der Waals surface area contributed by atoms with Gasteiger partial charge < -0.3 is 5.32 Å². The van der Waals surface area contributed by atoms with Crippen molar-refractivity contribution in [1.82, 2.24) is 0 Å². The number of hydrogen-bond acceptors (Lipinski definition) is 1. The molecule has 0 heterocycles. The van der Waals surface area contributed by atoms with Gasteiger partial charge >= 0.3 is 0 Å². The third-order valence-corrected chi connectivity index (χ3v) is 2.40. The average Bonchev–Trinajstić information content (AvgIpc) is 2.10. The van der Waals surface area contributed by atoms with Gasteiger partial charge in [0.05, 0.1) is 5.69 Å². The zero-order valence-corrected chi connectivity index (χ0v) is 9.71. The zero-order valence-electron chi connectivity index (χ0n) is 7.55. The van der Waals surface area contributed by atoms with Crippen LogP contribution in [-0.4, -0.2) is 5.91 Å². The van der Waals surface area contributed by atoms with Crippen LogP contribution in [0, 0.1) is 9.39 Å². The Balaban J connectivity index is 2.82. The number of benzene rings is 1. The summed E-state index contributed by atoms with van der Waals surface area (Å²) < 4.78 is 13.4. The maximum absolute atomic E-state index is 12.7. The van der Waals surface area contributed by atoms with E-state index in [4.69, 9.17) is 0 Å². The van der Waals surface area contributed by atoms with E-state index in [0.717, 1.165) is 0 Å². The molecule has 0 atom stereocenters. The summed E-state index contributed by atoms with van der Waals surface area (Å²) >= 11 is 1.97. The van der Waals surface area contributed by atoms with Gasteiger partial charge in [-0.1, -0.05) is 6.08 Å². The lowest BCUT2D eigenvalue weighted by Gasteiger charge is -2.04. The molecular formula is C10H9FINO. The Hall–Kier alpha value is -0.910. The maximum Gasteiger partial charge on any atom is 0.248 e. The fraction of sp³-hybridized carbons (Fsp3) is 0.100. The lowest BCUT2D eigenvalue weighted by atomic mass is 10.3. The second-order valence-corrected chi connectivity index (χ2v) is 3.78. The zero-order chi connectivity index (χ0) is 10.6. The molecule has 0 aliphatic carbocycles. The first-order valence-electron chi connectivity index (χ1n) is 4.02. The molecule has 0 aromatic heterocycles. The fourth-order valence-electron chi connectivity index (χ4n) is 0.917. The van der Waals surface area contributed by atoms with Crippen LogP contribution < -0.4 is 5.32 Å². The fourth-order valence-corrected chi connectivity index (χ4v) is 1.53. The Kier molecular flexibility index (Phi) is 4.06. The van der Waals surface area contributed by atoms with Crippen molar-refractivity contribution in [2.24, 2.45) is 0 Å². The maximum atomic E-state index is 12.7. The molecule has 74 valence electrons. The summed E-state index contributed by atoms with van der Waals surface area (Å²) in [5.41, 5.74) is 0.620. The van der Waals surface area contributed by atoms with Crippen LogP contribution in [0.4, 0.5) is 10.1 Å². The lowest BCUT2D eigenvalue weighted by Crippen LogP contribution is -2.08. The molecule has 0 saturated heterocycles. The molecule has 0 bridgehead atoms. The smallest absolute Gasteiger partial charge is 0.248 e. The van der Waals surface area contributed by atoms with Crippen LogP contribution in [0.3, 0.4) is 0 Å². The largest absolute Gasteiger partial charge is 0.322 e. The van der Waals surface area contributed by atoms with Crippen molar-refractivity contribution in [3.8, 4) is 0 Å². The minimum Gasteiger partial charge on any atom is -0.322 e. The molecule has 1 aromatic rings. The Labute approximate surface area is 95.3 Å². The minimum atomic E-state index is -0.307. The van der Waals surface area contributed by atoms with E-state index in [0.29, 0.717) is 9.26 Å². The average molecular weight is 305 g/mol. The number of carbonyl (C=O) groups excluding carboxylic acids is 1. The molecule has 1 aromatic carbocycles. The van der Waals surface area contributed by atoms with Gasteiger partial charge in [0.25, 0.3) is 0 Å². The predicted molar refractivity (Wildman–Crippen MR) is 62.6 cm³/mol. The topological polar surface area (TPSA) is 29.1 Å². The van der Waals surface area contributed by atoms with Crippen LogP contribution in [0.5, 0.6) is 0 Å². The van der Waals surface area contributed by atoms with Crippen molar-refractivity contribution in [3.63, 3.8) is 0 Å². The van der Waals surface area contributed by atoms with Gasteiger partial charge in [0.15, 0.2) is 0 Å². The Morgan fingerprint density at radius 3 is 2.86 bits per heavy atom. The van der Waals surface area contributed by atoms with Crippen LogP contribution in [0.2, 0.25) is 0 Å². The lowest BCUT2D eigenvalue weighted by molar-refractivity contribution is -0.111. The molecule has 0 spiro atoms. The van der Waals surface area contributed by atoms with Gasteiger partial charge in [-0.05, 0) is 53.8 Å². The molecule has 0 radical (unpaired) electrons. The second kappa shape index (κ2) is 5.09. The highest BCUT2D eigenvalue weighted by atomic mass is 127. The second-order valence-electron chi connectivity index (χ2n) is 2.61. The van der Waals surface area contributed by atoms with E-state index in [1.165, 1.54) is 18.2 Å². The Morgan fingerprint density at radius 2 is 2.29 bits per heavy atom. The first-order valence-corrected chi connectivity index (χ1v) is 5.10. The summed E-state index contributed by atoms with van der Waals surface area (Å²) in [5.74, 6) is -0.518. The van der Waals surface area contributed by atoms with Gasteiger partial charge in [-0.25, -0.2) is 4.39 Å². The summed E-state index contributed by atoms with van der Waals surface area (Å²) in [6.45, 7) is 1.76. The van der Waals surface area contributed by atoms with Gasteiger partial charge in [-0.3, -0.25) is 4.79 Å². The van der Waals surface area contributed by atoms with Crippen molar-refractivity contribution in [3.05, 3.63) is 39.7 Å². The number of halogens is 2. The van der Waals surface area contributed by atoms with Crippen molar-refractivity contribution < 1.29 is 9.18 Å². The van der Waals surface area contributed by atoms with Gasteiger partial charge in [-0.2, -0.15) is 0 Å². The van der Waals surface area contributed by atoms with Crippen molar-refractivity contribution >= 4 is 34.2 Å². The molecule has 0 saturated carbocycles. The normalized spacial score (nSPS) is 10.5. The number of rotatable bonds is 2. The monoisotopic (exact) mass is 305 g/mol. The predicted octanol–water partition coefficient (Wildman–Crippen LogP) is 2.94. The molecule has 2 nitrogen and oxygen atoms in total. The van der Waals surface area contributed by atoms with Gasteiger partial charge in [0.2, 0.25) is 5.91 Å². The number of amides is 1. The third-order valence-electron chi connectivity index (χ3n) is 1.51. The standard InChI is InChI=1S/C10H9FINO/c1-2-3-10(14)13-9-5-4-7(11)6-8(9)12/h2-6H,1H3,(H,13,14)/b3-2+. The summed E-state index contributed by atoms with van der Waals surface area (Å²) in [4.78, 5) is 11.2. The molecule has 14 heavy (non-hydrogen) atoms. The number of hydrogen-bond donors (Lipinski definition) is 1. The Bertz CT molecular complexity index is 376. The summed E-state index contributed by atoms with van der Waals surface area (Å²) in [5, 5.41) is 2.64.